The molecule has 0 fully saturated rings. The molecule has 3 heterocycles. The normalized spacial score (nSPS) is 18.3. The Labute approximate surface area is 167 Å². The third kappa shape index (κ3) is 2.93. The predicted octanol–water partition coefficient (Wildman–Crippen LogP) is 4.45. The molecule has 0 radical (unpaired) electrons. The van der Waals surface area contributed by atoms with Crippen molar-refractivity contribution in [1.82, 2.24) is 14.9 Å². The second-order valence-corrected chi connectivity index (χ2v) is 7.18. The molecule has 0 saturated carbocycles. The van der Waals surface area contributed by atoms with Crippen molar-refractivity contribution in [3.63, 3.8) is 0 Å². The number of halogens is 2. The molecule has 8 heteroatoms. The zero-order chi connectivity index (χ0) is 17.6. The van der Waals surface area contributed by atoms with E-state index in [2.05, 4.69) is 34.8 Å². The van der Waals surface area contributed by atoms with Gasteiger partial charge in [0.05, 0.1) is 12.6 Å². The van der Waals surface area contributed by atoms with Gasteiger partial charge in [0.25, 0.3) is 0 Å². The fraction of sp³-hybridized carbons (Fsp3) is 0.389. The number of nitrogens with zero attached hydrogens (tertiary/aromatic N) is 4. The molecule has 0 spiro atoms. The monoisotopic (exact) mass is 437 g/mol. The number of aromatic amines is 1. The molecule has 4 rings (SSSR count). The molecule has 2 aromatic rings. The van der Waals surface area contributed by atoms with Gasteiger partial charge in [-0.05, 0) is 18.9 Å². The van der Waals surface area contributed by atoms with Crippen molar-refractivity contribution < 1.29 is 4.79 Å². The van der Waals surface area contributed by atoms with Crippen LogP contribution in [0.3, 0.4) is 0 Å². The molecule has 1 aromatic carbocycles. The van der Waals surface area contributed by atoms with Crippen LogP contribution in [0, 0.1) is 0 Å². The van der Waals surface area contributed by atoms with Crippen molar-refractivity contribution in [2.24, 2.45) is 4.99 Å². The summed E-state index contributed by atoms with van der Waals surface area (Å²) in [5.41, 5.74) is 1.81. The maximum atomic E-state index is 12.9. The number of amidine groups is 1. The Morgan fingerprint density at radius 2 is 2.08 bits per heavy atom. The van der Waals surface area contributed by atoms with E-state index >= 15 is 0 Å². The minimum atomic E-state index is -0.0192. The van der Waals surface area contributed by atoms with Gasteiger partial charge in [0, 0.05) is 16.6 Å². The predicted molar refractivity (Wildman–Crippen MR) is 109 cm³/mol. The van der Waals surface area contributed by atoms with Crippen LogP contribution in [-0.2, 0) is 0 Å². The van der Waals surface area contributed by atoms with E-state index in [-0.39, 0.29) is 24.5 Å². The van der Waals surface area contributed by atoms with E-state index < -0.39 is 0 Å². The molecule has 1 unspecified atom stereocenters. The summed E-state index contributed by atoms with van der Waals surface area (Å²) in [4.78, 5) is 29.4. The molecule has 1 aromatic heterocycles. The van der Waals surface area contributed by atoms with Crippen LogP contribution in [-0.4, -0.2) is 45.9 Å². The number of fused-ring (bicyclic) bond motifs is 3. The quantitative estimate of drug-likeness (QED) is 0.766. The maximum Gasteiger partial charge on any atom is 0.331 e. The van der Waals surface area contributed by atoms with Gasteiger partial charge in [-0.25, -0.2) is 9.78 Å². The largest absolute Gasteiger partial charge is 0.334 e. The summed E-state index contributed by atoms with van der Waals surface area (Å²) in [5, 5.41) is 0. The third-order valence-electron chi connectivity index (χ3n) is 4.63. The molecule has 1 N–H and O–H groups in total. The number of benzene rings is 1. The van der Waals surface area contributed by atoms with Gasteiger partial charge in [-0.3, -0.25) is 14.8 Å². The average Bonchev–Trinajstić information content (AvgIpc) is 3.23. The number of imidazole rings is 1. The van der Waals surface area contributed by atoms with E-state index in [9.17, 15) is 4.79 Å². The lowest BCUT2D eigenvalue weighted by molar-refractivity contribution is 0.226. The lowest BCUT2D eigenvalue weighted by atomic mass is 10.2. The number of urea groups is 1. The van der Waals surface area contributed by atoms with Crippen molar-refractivity contribution in [2.45, 2.75) is 32.7 Å². The van der Waals surface area contributed by atoms with E-state index in [1.807, 2.05) is 24.3 Å². The Balaban J connectivity index is 0.00000196. The van der Waals surface area contributed by atoms with Crippen LogP contribution in [0.2, 0.25) is 0 Å². The first-order valence-corrected chi connectivity index (χ1v) is 9.45. The van der Waals surface area contributed by atoms with Crippen molar-refractivity contribution in [1.29, 1.82) is 0 Å². The number of carbonyl (C=O) groups is 1. The number of anilines is 1. The number of H-pyrrole nitrogens is 1. The molecule has 0 saturated heterocycles. The van der Waals surface area contributed by atoms with Crippen molar-refractivity contribution >= 4 is 46.0 Å². The standard InChI is InChI=1S/C18H20BrN5O.ClH/c1-3-9-23-17-14(16-20-11(4-2)10-24(16)18(23)25)21-15(22-17)12-7-5-6-8-13(12)19;/h5-8,11H,3-4,9-10H2,1-2H3,(H,21,22);1H. The van der Waals surface area contributed by atoms with Gasteiger partial charge in [0.15, 0.2) is 11.7 Å². The topological polar surface area (TPSA) is 64.6 Å². The Kier molecular flexibility index (Phi) is 5.39. The fourth-order valence-corrected chi connectivity index (χ4v) is 3.80. The summed E-state index contributed by atoms with van der Waals surface area (Å²) in [6, 6.07) is 8.07. The minimum absolute atomic E-state index is 0. The Morgan fingerprint density at radius 1 is 1.31 bits per heavy atom. The van der Waals surface area contributed by atoms with Crippen LogP contribution in [0.5, 0.6) is 0 Å². The lowest BCUT2D eigenvalue weighted by Gasteiger charge is -2.32. The smallest absolute Gasteiger partial charge is 0.331 e. The number of nitrogens with one attached hydrogen (secondary N) is 1. The molecule has 0 aliphatic carbocycles. The average molecular weight is 439 g/mol. The van der Waals surface area contributed by atoms with Crippen molar-refractivity contribution in [2.75, 3.05) is 18.0 Å². The lowest BCUT2D eigenvalue weighted by Crippen LogP contribution is -2.50. The fourth-order valence-electron chi connectivity index (χ4n) is 3.33. The highest BCUT2D eigenvalue weighted by Gasteiger charge is 2.41. The van der Waals surface area contributed by atoms with Crippen LogP contribution in [0.1, 0.15) is 32.4 Å². The summed E-state index contributed by atoms with van der Waals surface area (Å²) in [5.74, 6) is 2.16. The van der Waals surface area contributed by atoms with E-state index in [0.29, 0.717) is 18.9 Å². The number of aromatic nitrogens is 2. The maximum absolute atomic E-state index is 12.9. The van der Waals surface area contributed by atoms with Crippen LogP contribution in [0.15, 0.2) is 33.7 Å². The summed E-state index contributed by atoms with van der Waals surface area (Å²) in [6.45, 7) is 5.46. The van der Waals surface area contributed by atoms with Crippen LogP contribution < -0.4 is 4.90 Å². The molecule has 6 nitrogen and oxygen atoms in total. The molecule has 1 atom stereocenters. The summed E-state index contributed by atoms with van der Waals surface area (Å²) >= 11 is 3.58. The summed E-state index contributed by atoms with van der Waals surface area (Å²) < 4.78 is 0.964. The number of aliphatic imine (C=N–C) groups is 1. The van der Waals surface area contributed by atoms with E-state index in [1.54, 1.807) is 9.80 Å². The molecule has 2 aliphatic heterocycles. The van der Waals surface area contributed by atoms with Gasteiger partial charge in [-0.2, -0.15) is 0 Å². The first kappa shape index (κ1) is 18.9. The van der Waals surface area contributed by atoms with E-state index in [4.69, 9.17) is 9.98 Å². The van der Waals surface area contributed by atoms with Gasteiger partial charge in [-0.1, -0.05) is 48.0 Å². The number of hydrogen-bond donors (Lipinski definition) is 1. The van der Waals surface area contributed by atoms with Gasteiger partial charge in [-0.15, -0.1) is 12.4 Å². The molecular weight excluding hydrogens is 418 g/mol. The molecule has 138 valence electrons. The number of hydrogen-bond acceptors (Lipinski definition) is 3. The zero-order valence-electron chi connectivity index (χ0n) is 14.7. The first-order chi connectivity index (χ1) is 12.1. The molecule has 2 aliphatic rings. The second-order valence-electron chi connectivity index (χ2n) is 6.32. The SMILES string of the molecule is CCCN1C(=O)N2CC(CC)N=C2c2[nH]c(-c3ccccc3Br)nc21.Cl. The van der Waals surface area contributed by atoms with E-state index in [1.165, 1.54) is 0 Å². The highest BCUT2D eigenvalue weighted by molar-refractivity contribution is 9.10. The van der Waals surface area contributed by atoms with Gasteiger partial charge in [0.1, 0.15) is 11.5 Å². The number of amides is 2. The molecule has 26 heavy (non-hydrogen) atoms. The number of carbonyl (C=O) groups excluding carboxylic acids is 1. The highest BCUT2D eigenvalue weighted by atomic mass is 79.9. The van der Waals surface area contributed by atoms with Gasteiger partial charge >= 0.3 is 6.03 Å². The van der Waals surface area contributed by atoms with Crippen LogP contribution >= 0.6 is 28.3 Å². The molecule has 2 amide bonds. The van der Waals surface area contributed by atoms with Crippen molar-refractivity contribution in [3.05, 3.63) is 34.4 Å². The van der Waals surface area contributed by atoms with Crippen molar-refractivity contribution in [3.8, 4) is 11.4 Å². The van der Waals surface area contributed by atoms with E-state index in [0.717, 1.165) is 40.2 Å². The van der Waals surface area contributed by atoms with Crippen LogP contribution in [0.4, 0.5) is 10.6 Å². The Bertz CT molecular complexity index is 865. The van der Waals surface area contributed by atoms with Gasteiger partial charge in [0.2, 0.25) is 0 Å². The highest BCUT2D eigenvalue weighted by Crippen LogP contribution is 2.35. The molecule has 0 bridgehead atoms. The van der Waals surface area contributed by atoms with Gasteiger partial charge < -0.3 is 4.98 Å². The Hall–Kier alpha value is -1.86. The second kappa shape index (κ2) is 7.40. The third-order valence-corrected chi connectivity index (χ3v) is 5.32. The summed E-state index contributed by atoms with van der Waals surface area (Å²) in [6.07, 6.45) is 1.79. The Morgan fingerprint density at radius 3 is 2.77 bits per heavy atom. The van der Waals surface area contributed by atoms with Crippen LogP contribution in [0.25, 0.3) is 11.4 Å². The minimum Gasteiger partial charge on any atom is -0.334 e. The number of rotatable bonds is 4. The summed E-state index contributed by atoms with van der Waals surface area (Å²) in [7, 11) is 0. The molecular formula is C18H21BrClN5O. The zero-order valence-corrected chi connectivity index (χ0v) is 17.1. The first-order valence-electron chi connectivity index (χ1n) is 8.66.